The van der Waals surface area contributed by atoms with Crippen LogP contribution < -0.4 is 5.73 Å². The Morgan fingerprint density at radius 2 is 2.18 bits per heavy atom. The van der Waals surface area contributed by atoms with E-state index < -0.39 is 0 Å². The predicted octanol–water partition coefficient (Wildman–Crippen LogP) is 4.26. The average Bonchev–Trinajstić information content (AvgIpc) is 2.80. The standard InChI is InChI=1S/C13H13BrFNS/c1-2-8-6-7-17-13(8)12(16)9-4-3-5-10(14)11(9)15/h3-7,12H,2,16H2,1H3. The highest BCUT2D eigenvalue weighted by molar-refractivity contribution is 9.10. The number of hydrogen-bond donors (Lipinski definition) is 1. The van der Waals surface area contributed by atoms with E-state index in [-0.39, 0.29) is 11.9 Å². The first kappa shape index (κ1) is 12.7. The number of thiophene rings is 1. The number of benzene rings is 1. The van der Waals surface area contributed by atoms with E-state index in [1.54, 1.807) is 23.5 Å². The van der Waals surface area contributed by atoms with Gasteiger partial charge in [-0.05, 0) is 45.4 Å². The summed E-state index contributed by atoms with van der Waals surface area (Å²) in [5.41, 5.74) is 7.89. The van der Waals surface area contributed by atoms with Crippen molar-refractivity contribution in [2.24, 2.45) is 5.73 Å². The van der Waals surface area contributed by atoms with Crippen LogP contribution in [0.2, 0.25) is 0 Å². The van der Waals surface area contributed by atoms with Crippen molar-refractivity contribution in [3.05, 3.63) is 55.9 Å². The number of aryl methyl sites for hydroxylation is 1. The van der Waals surface area contributed by atoms with E-state index in [0.29, 0.717) is 10.0 Å². The van der Waals surface area contributed by atoms with Crippen molar-refractivity contribution >= 4 is 27.3 Å². The topological polar surface area (TPSA) is 26.0 Å². The van der Waals surface area contributed by atoms with Gasteiger partial charge in [0.1, 0.15) is 5.82 Å². The zero-order valence-corrected chi connectivity index (χ0v) is 11.8. The Labute approximate surface area is 113 Å². The second kappa shape index (κ2) is 5.29. The molecule has 0 radical (unpaired) electrons. The first-order valence-corrected chi connectivity index (χ1v) is 7.08. The molecule has 0 aliphatic carbocycles. The van der Waals surface area contributed by atoms with E-state index in [9.17, 15) is 4.39 Å². The van der Waals surface area contributed by atoms with E-state index in [1.165, 1.54) is 5.56 Å². The van der Waals surface area contributed by atoms with E-state index in [2.05, 4.69) is 28.9 Å². The van der Waals surface area contributed by atoms with Gasteiger partial charge in [-0.15, -0.1) is 11.3 Å². The second-order valence-electron chi connectivity index (χ2n) is 3.78. The molecular formula is C13H13BrFNS. The summed E-state index contributed by atoms with van der Waals surface area (Å²) in [5.74, 6) is -0.268. The van der Waals surface area contributed by atoms with E-state index in [4.69, 9.17) is 5.73 Å². The van der Waals surface area contributed by atoms with Gasteiger partial charge >= 0.3 is 0 Å². The maximum atomic E-state index is 14.0. The van der Waals surface area contributed by atoms with E-state index in [0.717, 1.165) is 11.3 Å². The van der Waals surface area contributed by atoms with Crippen molar-refractivity contribution in [1.82, 2.24) is 0 Å². The molecule has 17 heavy (non-hydrogen) atoms. The van der Waals surface area contributed by atoms with Gasteiger partial charge in [0.05, 0.1) is 10.5 Å². The molecule has 0 spiro atoms. The number of hydrogen-bond acceptors (Lipinski definition) is 2. The van der Waals surface area contributed by atoms with Crippen LogP contribution in [0.4, 0.5) is 4.39 Å². The lowest BCUT2D eigenvalue weighted by molar-refractivity contribution is 0.594. The van der Waals surface area contributed by atoms with Crippen LogP contribution in [-0.2, 0) is 6.42 Å². The first-order valence-electron chi connectivity index (χ1n) is 5.41. The van der Waals surface area contributed by atoms with Crippen LogP contribution in [0.25, 0.3) is 0 Å². The molecule has 0 bridgehead atoms. The largest absolute Gasteiger partial charge is 0.320 e. The Kier molecular flexibility index (Phi) is 3.97. The molecule has 0 aliphatic rings. The normalized spacial score (nSPS) is 12.7. The molecule has 1 aromatic carbocycles. The smallest absolute Gasteiger partial charge is 0.142 e. The zero-order valence-electron chi connectivity index (χ0n) is 9.41. The third-order valence-corrected chi connectivity index (χ3v) is 4.42. The van der Waals surface area contributed by atoms with Crippen LogP contribution in [0.5, 0.6) is 0 Å². The molecule has 90 valence electrons. The van der Waals surface area contributed by atoms with Gasteiger partial charge in [0.15, 0.2) is 0 Å². The van der Waals surface area contributed by atoms with E-state index in [1.807, 2.05) is 11.4 Å². The van der Waals surface area contributed by atoms with Crippen LogP contribution in [-0.4, -0.2) is 0 Å². The summed E-state index contributed by atoms with van der Waals surface area (Å²) in [6, 6.07) is 6.89. The minimum Gasteiger partial charge on any atom is -0.320 e. The van der Waals surface area contributed by atoms with Crippen LogP contribution >= 0.6 is 27.3 Å². The van der Waals surface area contributed by atoms with Gasteiger partial charge in [-0.25, -0.2) is 4.39 Å². The summed E-state index contributed by atoms with van der Waals surface area (Å²) < 4.78 is 14.4. The summed E-state index contributed by atoms with van der Waals surface area (Å²) in [4.78, 5) is 1.05. The fourth-order valence-corrected chi connectivity index (χ4v) is 3.21. The van der Waals surface area contributed by atoms with Crippen molar-refractivity contribution < 1.29 is 4.39 Å². The molecule has 2 aromatic rings. The maximum Gasteiger partial charge on any atom is 0.142 e. The van der Waals surface area contributed by atoms with Crippen molar-refractivity contribution in [2.75, 3.05) is 0 Å². The summed E-state index contributed by atoms with van der Waals surface area (Å²) in [5, 5.41) is 2.00. The highest BCUT2D eigenvalue weighted by Gasteiger charge is 2.18. The van der Waals surface area contributed by atoms with Gasteiger partial charge in [0, 0.05) is 10.4 Å². The zero-order chi connectivity index (χ0) is 12.4. The molecule has 0 saturated heterocycles. The van der Waals surface area contributed by atoms with Crippen molar-refractivity contribution in [2.45, 2.75) is 19.4 Å². The van der Waals surface area contributed by atoms with Crippen molar-refractivity contribution in [3.63, 3.8) is 0 Å². The lowest BCUT2D eigenvalue weighted by atomic mass is 10.0. The minimum absolute atomic E-state index is 0.268. The predicted molar refractivity (Wildman–Crippen MR) is 73.8 cm³/mol. The third kappa shape index (κ3) is 2.44. The SMILES string of the molecule is CCc1ccsc1C(N)c1cccc(Br)c1F. The minimum atomic E-state index is -0.387. The van der Waals surface area contributed by atoms with Gasteiger partial charge in [-0.2, -0.15) is 0 Å². The molecule has 1 unspecified atom stereocenters. The lowest BCUT2D eigenvalue weighted by Crippen LogP contribution is -2.13. The highest BCUT2D eigenvalue weighted by Crippen LogP contribution is 2.31. The number of halogens is 2. The van der Waals surface area contributed by atoms with Crippen LogP contribution in [0.1, 0.15) is 29.0 Å². The molecule has 1 atom stereocenters. The highest BCUT2D eigenvalue weighted by atomic mass is 79.9. The Bertz CT molecular complexity index is 524. The Morgan fingerprint density at radius 3 is 2.88 bits per heavy atom. The van der Waals surface area contributed by atoms with Gasteiger partial charge in [0.2, 0.25) is 0 Å². The molecule has 0 amide bonds. The van der Waals surface area contributed by atoms with Gasteiger partial charge in [0.25, 0.3) is 0 Å². The summed E-state index contributed by atoms with van der Waals surface area (Å²) in [7, 11) is 0. The molecule has 2 N–H and O–H groups in total. The number of nitrogens with two attached hydrogens (primary N) is 1. The fraction of sp³-hybridized carbons (Fsp3) is 0.231. The maximum absolute atomic E-state index is 14.0. The average molecular weight is 314 g/mol. The van der Waals surface area contributed by atoms with Crippen molar-refractivity contribution in [3.8, 4) is 0 Å². The molecule has 1 aromatic heterocycles. The molecule has 0 aliphatic heterocycles. The van der Waals surface area contributed by atoms with Gasteiger partial charge < -0.3 is 5.73 Å². The summed E-state index contributed by atoms with van der Waals surface area (Å²) in [6.07, 6.45) is 0.919. The Balaban J connectivity index is 2.44. The van der Waals surface area contributed by atoms with Crippen molar-refractivity contribution in [1.29, 1.82) is 0 Å². The molecule has 1 nitrogen and oxygen atoms in total. The molecule has 1 heterocycles. The van der Waals surface area contributed by atoms with Crippen LogP contribution in [0.15, 0.2) is 34.1 Å². The lowest BCUT2D eigenvalue weighted by Gasteiger charge is -2.14. The Hall–Kier alpha value is -0.710. The monoisotopic (exact) mass is 313 g/mol. The Morgan fingerprint density at radius 1 is 1.41 bits per heavy atom. The number of rotatable bonds is 3. The molecule has 2 rings (SSSR count). The van der Waals surface area contributed by atoms with E-state index >= 15 is 0 Å². The third-order valence-electron chi connectivity index (χ3n) is 2.76. The summed E-state index contributed by atoms with van der Waals surface area (Å²) in [6.45, 7) is 2.08. The fourth-order valence-electron chi connectivity index (χ4n) is 1.81. The first-order chi connectivity index (χ1) is 8.15. The second-order valence-corrected chi connectivity index (χ2v) is 5.59. The molecule has 0 saturated carbocycles. The van der Waals surface area contributed by atoms with Crippen LogP contribution in [0.3, 0.4) is 0 Å². The molecule has 4 heteroatoms. The summed E-state index contributed by atoms with van der Waals surface area (Å²) >= 11 is 4.77. The molecular weight excluding hydrogens is 301 g/mol. The van der Waals surface area contributed by atoms with Gasteiger partial charge in [-0.1, -0.05) is 19.1 Å². The van der Waals surface area contributed by atoms with Crippen LogP contribution in [0, 0.1) is 5.82 Å². The molecule has 0 fully saturated rings. The van der Waals surface area contributed by atoms with Gasteiger partial charge in [-0.3, -0.25) is 0 Å². The quantitative estimate of drug-likeness (QED) is 0.900.